The fraction of sp³-hybridized carbons (Fsp3) is 0.562. The molecule has 2 aliphatic carbocycles. The molecular weight excluding hydrogens is 330 g/mol. The number of carbonyl (C=O) groups is 1. The lowest BCUT2D eigenvalue weighted by atomic mass is 10.1. The van der Waals surface area contributed by atoms with Gasteiger partial charge in [0.2, 0.25) is 5.91 Å². The Kier molecular flexibility index (Phi) is 4.50. The molecule has 0 aromatic heterocycles. The zero-order chi connectivity index (χ0) is 14.8. The summed E-state index contributed by atoms with van der Waals surface area (Å²) in [5.74, 6) is 0.112. The van der Waals surface area contributed by atoms with Crippen molar-refractivity contribution in [1.82, 2.24) is 10.6 Å². The molecule has 21 heavy (non-hydrogen) atoms. The van der Waals surface area contributed by atoms with Crippen molar-refractivity contribution in [3.05, 3.63) is 28.2 Å². The van der Waals surface area contributed by atoms with Gasteiger partial charge in [-0.2, -0.15) is 0 Å². The van der Waals surface area contributed by atoms with Gasteiger partial charge in [-0.25, -0.2) is 0 Å². The third-order valence-corrected chi connectivity index (χ3v) is 4.43. The topological polar surface area (TPSA) is 44.4 Å². The highest BCUT2D eigenvalue weighted by Crippen LogP contribution is 2.26. The predicted molar refractivity (Wildman–Crippen MR) is 88.4 cm³/mol. The number of rotatable bonds is 7. The molecule has 0 aliphatic heterocycles. The lowest BCUT2D eigenvalue weighted by Crippen LogP contribution is -2.36. The molecule has 2 fully saturated rings. The average Bonchev–Trinajstić information content (AvgIpc) is 3.32. The van der Waals surface area contributed by atoms with Gasteiger partial charge < -0.3 is 15.5 Å². The lowest BCUT2D eigenvalue weighted by molar-refractivity contribution is -0.119. The minimum atomic E-state index is 0.112. The first-order chi connectivity index (χ1) is 10.1. The fourth-order valence-electron chi connectivity index (χ4n) is 2.39. The van der Waals surface area contributed by atoms with Gasteiger partial charge in [-0.15, -0.1) is 0 Å². The second kappa shape index (κ2) is 6.36. The largest absolute Gasteiger partial charge is 0.365 e. The minimum Gasteiger partial charge on any atom is -0.365 e. The van der Waals surface area contributed by atoms with E-state index < -0.39 is 0 Å². The maximum Gasteiger partial charge on any atom is 0.239 e. The van der Waals surface area contributed by atoms with Gasteiger partial charge in [-0.05, 0) is 43.4 Å². The number of carbonyl (C=O) groups excluding carboxylic acids is 1. The van der Waals surface area contributed by atoms with E-state index in [1.807, 2.05) is 11.9 Å². The van der Waals surface area contributed by atoms with Crippen molar-refractivity contribution in [3.8, 4) is 0 Å². The maximum absolute atomic E-state index is 12.0. The molecule has 1 aromatic carbocycles. The summed E-state index contributed by atoms with van der Waals surface area (Å²) in [5.41, 5.74) is 2.36. The summed E-state index contributed by atoms with van der Waals surface area (Å²) < 4.78 is 1.04. The zero-order valence-corrected chi connectivity index (χ0v) is 13.9. The van der Waals surface area contributed by atoms with E-state index in [2.05, 4.69) is 44.8 Å². The normalized spacial score (nSPS) is 17.6. The Morgan fingerprint density at radius 2 is 2.00 bits per heavy atom. The van der Waals surface area contributed by atoms with Crippen molar-refractivity contribution in [1.29, 1.82) is 0 Å². The van der Waals surface area contributed by atoms with Gasteiger partial charge in [0.05, 0.1) is 6.54 Å². The third kappa shape index (κ3) is 4.45. The Morgan fingerprint density at radius 1 is 1.29 bits per heavy atom. The summed E-state index contributed by atoms with van der Waals surface area (Å²) >= 11 is 3.53. The Balaban J connectivity index is 1.64. The molecule has 0 unspecified atom stereocenters. The van der Waals surface area contributed by atoms with Gasteiger partial charge in [0.1, 0.15) is 0 Å². The van der Waals surface area contributed by atoms with Crippen LogP contribution >= 0.6 is 15.9 Å². The van der Waals surface area contributed by atoms with Crippen LogP contribution in [0.25, 0.3) is 0 Å². The van der Waals surface area contributed by atoms with Crippen molar-refractivity contribution < 1.29 is 4.79 Å². The Bertz CT molecular complexity index is 526. The van der Waals surface area contributed by atoms with E-state index in [-0.39, 0.29) is 5.91 Å². The number of nitrogens with one attached hydrogen (secondary N) is 2. The standard InChI is InChI=1S/C16H22BrN3O/c1-20(10-16(21)19-14-6-7-14)15-8-12(17)3-2-11(15)9-18-13-4-5-13/h2-3,8,13-14,18H,4-7,9-10H2,1H3,(H,19,21). The van der Waals surface area contributed by atoms with Crippen LogP contribution in [0.1, 0.15) is 31.2 Å². The number of likely N-dealkylation sites (N-methyl/N-ethyl adjacent to an activating group) is 1. The Labute approximate surface area is 134 Å². The van der Waals surface area contributed by atoms with E-state index in [4.69, 9.17) is 0 Å². The highest BCUT2D eigenvalue weighted by Gasteiger charge is 2.24. The van der Waals surface area contributed by atoms with Gasteiger partial charge in [0.25, 0.3) is 0 Å². The highest BCUT2D eigenvalue weighted by atomic mass is 79.9. The molecule has 114 valence electrons. The van der Waals surface area contributed by atoms with Crippen molar-refractivity contribution >= 4 is 27.5 Å². The van der Waals surface area contributed by atoms with Crippen LogP contribution in [-0.2, 0) is 11.3 Å². The van der Waals surface area contributed by atoms with E-state index in [0.29, 0.717) is 18.6 Å². The highest BCUT2D eigenvalue weighted by molar-refractivity contribution is 9.10. The summed E-state index contributed by atoms with van der Waals surface area (Å²) in [6.07, 6.45) is 4.82. The number of anilines is 1. The maximum atomic E-state index is 12.0. The molecule has 0 atom stereocenters. The lowest BCUT2D eigenvalue weighted by Gasteiger charge is -2.22. The van der Waals surface area contributed by atoms with Crippen LogP contribution in [0, 0.1) is 0 Å². The van der Waals surface area contributed by atoms with Crippen LogP contribution in [0.3, 0.4) is 0 Å². The van der Waals surface area contributed by atoms with E-state index in [0.717, 1.165) is 29.5 Å². The Morgan fingerprint density at radius 3 is 2.67 bits per heavy atom. The van der Waals surface area contributed by atoms with Crippen LogP contribution in [0.15, 0.2) is 22.7 Å². The molecule has 0 spiro atoms. The van der Waals surface area contributed by atoms with Gasteiger partial charge in [0.15, 0.2) is 0 Å². The second-order valence-electron chi connectivity index (χ2n) is 6.13. The molecule has 0 saturated heterocycles. The van der Waals surface area contributed by atoms with Gasteiger partial charge in [-0.1, -0.05) is 22.0 Å². The average molecular weight is 352 g/mol. The summed E-state index contributed by atoms with van der Waals surface area (Å²) in [6.45, 7) is 1.27. The first-order valence-electron chi connectivity index (χ1n) is 7.64. The van der Waals surface area contributed by atoms with Gasteiger partial charge in [0, 0.05) is 35.8 Å². The van der Waals surface area contributed by atoms with Crippen molar-refractivity contribution in [2.45, 2.75) is 44.3 Å². The summed E-state index contributed by atoms with van der Waals surface area (Å²) in [5, 5.41) is 6.58. The van der Waals surface area contributed by atoms with Gasteiger partial charge >= 0.3 is 0 Å². The number of hydrogen-bond acceptors (Lipinski definition) is 3. The molecule has 0 heterocycles. The molecule has 0 bridgehead atoms. The number of hydrogen-bond donors (Lipinski definition) is 2. The van der Waals surface area contributed by atoms with Crippen LogP contribution < -0.4 is 15.5 Å². The van der Waals surface area contributed by atoms with Crippen LogP contribution in [0.5, 0.6) is 0 Å². The van der Waals surface area contributed by atoms with Crippen LogP contribution in [0.2, 0.25) is 0 Å². The first kappa shape index (κ1) is 14.9. The molecule has 1 aromatic rings. The summed E-state index contributed by atoms with van der Waals surface area (Å²) in [6, 6.07) is 7.39. The smallest absolute Gasteiger partial charge is 0.239 e. The van der Waals surface area contributed by atoms with E-state index in [1.54, 1.807) is 0 Å². The fourth-order valence-corrected chi connectivity index (χ4v) is 2.73. The third-order valence-electron chi connectivity index (χ3n) is 3.94. The van der Waals surface area contributed by atoms with Crippen LogP contribution in [-0.4, -0.2) is 31.6 Å². The SMILES string of the molecule is CN(CC(=O)NC1CC1)c1cc(Br)ccc1CNC1CC1. The van der Waals surface area contributed by atoms with Crippen molar-refractivity contribution in [2.24, 2.45) is 0 Å². The molecule has 4 nitrogen and oxygen atoms in total. The second-order valence-corrected chi connectivity index (χ2v) is 7.04. The molecule has 5 heteroatoms. The summed E-state index contributed by atoms with van der Waals surface area (Å²) in [4.78, 5) is 14.0. The molecule has 1 amide bonds. The van der Waals surface area contributed by atoms with E-state index in [9.17, 15) is 4.79 Å². The Hall–Kier alpha value is -1.07. The molecule has 3 rings (SSSR count). The number of halogens is 1. The quantitative estimate of drug-likeness (QED) is 0.792. The zero-order valence-electron chi connectivity index (χ0n) is 12.4. The molecular formula is C16H22BrN3O. The monoisotopic (exact) mass is 351 g/mol. The first-order valence-corrected chi connectivity index (χ1v) is 8.43. The molecule has 2 aliphatic rings. The molecule has 2 N–H and O–H groups in total. The number of nitrogens with zero attached hydrogens (tertiary/aromatic N) is 1. The van der Waals surface area contributed by atoms with E-state index in [1.165, 1.54) is 18.4 Å². The van der Waals surface area contributed by atoms with Crippen molar-refractivity contribution in [2.75, 3.05) is 18.5 Å². The number of amides is 1. The summed E-state index contributed by atoms with van der Waals surface area (Å²) in [7, 11) is 1.98. The minimum absolute atomic E-state index is 0.112. The molecule has 0 radical (unpaired) electrons. The van der Waals surface area contributed by atoms with Crippen LogP contribution in [0.4, 0.5) is 5.69 Å². The van der Waals surface area contributed by atoms with E-state index >= 15 is 0 Å². The van der Waals surface area contributed by atoms with Crippen molar-refractivity contribution in [3.63, 3.8) is 0 Å². The molecule has 2 saturated carbocycles. The predicted octanol–water partition coefficient (Wildman–Crippen LogP) is 2.42. The number of benzene rings is 1. The van der Waals surface area contributed by atoms with Gasteiger partial charge in [-0.3, -0.25) is 4.79 Å².